The summed E-state index contributed by atoms with van der Waals surface area (Å²) in [6, 6.07) is 7.33. The van der Waals surface area contributed by atoms with E-state index in [1.54, 1.807) is 29.2 Å². The molecule has 0 bridgehead atoms. The highest BCUT2D eigenvalue weighted by molar-refractivity contribution is 6.30. The molecular formula is C14H18ClNO2. The molecule has 1 saturated carbocycles. The lowest BCUT2D eigenvalue weighted by Gasteiger charge is -2.24. The first-order valence-electron chi connectivity index (χ1n) is 6.22. The number of likely N-dealkylation sites (N-methyl/N-ethyl adjacent to an activating group) is 1. The first kappa shape index (κ1) is 13.2. The minimum absolute atomic E-state index is 0.0179. The monoisotopic (exact) mass is 267 g/mol. The second-order valence-corrected chi connectivity index (χ2v) is 5.26. The zero-order valence-corrected chi connectivity index (χ0v) is 11.5. The Morgan fingerprint density at radius 2 is 2.06 bits per heavy atom. The molecule has 4 heteroatoms. The Balaban J connectivity index is 1.81. The maximum Gasteiger partial charge on any atom is 0.260 e. The topological polar surface area (TPSA) is 29.5 Å². The molecular weight excluding hydrogens is 250 g/mol. The van der Waals surface area contributed by atoms with Crippen molar-refractivity contribution in [2.45, 2.75) is 25.8 Å². The van der Waals surface area contributed by atoms with Gasteiger partial charge in [0.25, 0.3) is 5.91 Å². The predicted octanol–water partition coefficient (Wildman–Crippen LogP) is 2.98. The van der Waals surface area contributed by atoms with Crippen LogP contribution in [-0.2, 0) is 4.79 Å². The number of benzene rings is 1. The van der Waals surface area contributed by atoms with Crippen molar-refractivity contribution < 1.29 is 9.53 Å². The lowest BCUT2D eigenvalue weighted by atomic mass is 10.2. The van der Waals surface area contributed by atoms with E-state index in [0.29, 0.717) is 22.7 Å². The summed E-state index contributed by atoms with van der Waals surface area (Å²) in [7, 11) is 1.84. The third-order valence-electron chi connectivity index (χ3n) is 3.48. The van der Waals surface area contributed by atoms with Crippen LogP contribution in [0.2, 0.25) is 5.02 Å². The molecule has 1 unspecified atom stereocenters. The van der Waals surface area contributed by atoms with E-state index in [4.69, 9.17) is 16.3 Å². The summed E-state index contributed by atoms with van der Waals surface area (Å²) in [6.07, 6.45) is 2.47. The number of rotatable bonds is 5. The normalized spacial score (nSPS) is 16.2. The van der Waals surface area contributed by atoms with E-state index in [1.807, 2.05) is 7.05 Å². The summed E-state index contributed by atoms with van der Waals surface area (Å²) in [5, 5.41) is 0.660. The average molecular weight is 268 g/mol. The molecule has 0 heterocycles. The molecule has 98 valence electrons. The van der Waals surface area contributed by atoms with Crippen LogP contribution in [-0.4, -0.2) is 30.5 Å². The van der Waals surface area contributed by atoms with Gasteiger partial charge < -0.3 is 9.64 Å². The first-order valence-corrected chi connectivity index (χ1v) is 6.59. The van der Waals surface area contributed by atoms with Gasteiger partial charge in [0.05, 0.1) is 0 Å². The van der Waals surface area contributed by atoms with Gasteiger partial charge in [-0.2, -0.15) is 0 Å². The number of carbonyl (C=O) groups excluding carboxylic acids is 1. The molecule has 1 fully saturated rings. The molecule has 0 spiro atoms. The van der Waals surface area contributed by atoms with E-state index < -0.39 is 0 Å². The Morgan fingerprint density at radius 1 is 1.44 bits per heavy atom. The molecule has 0 radical (unpaired) electrons. The van der Waals surface area contributed by atoms with Crippen molar-refractivity contribution in [1.29, 1.82) is 0 Å². The summed E-state index contributed by atoms with van der Waals surface area (Å²) < 4.78 is 5.44. The highest BCUT2D eigenvalue weighted by atomic mass is 35.5. The fourth-order valence-corrected chi connectivity index (χ4v) is 2.03. The third kappa shape index (κ3) is 3.39. The summed E-state index contributed by atoms with van der Waals surface area (Å²) >= 11 is 5.78. The second-order valence-electron chi connectivity index (χ2n) is 4.83. The van der Waals surface area contributed by atoms with Crippen molar-refractivity contribution in [1.82, 2.24) is 4.90 Å². The van der Waals surface area contributed by atoms with Crippen molar-refractivity contribution in [3.8, 4) is 5.75 Å². The van der Waals surface area contributed by atoms with Crippen LogP contribution in [0.5, 0.6) is 5.75 Å². The Bertz CT molecular complexity index is 414. The van der Waals surface area contributed by atoms with Crippen molar-refractivity contribution in [3.05, 3.63) is 29.3 Å². The molecule has 1 aromatic rings. The highest BCUT2D eigenvalue weighted by Gasteiger charge is 2.32. The SMILES string of the molecule is CC(C1CC1)N(C)C(=O)COc1ccc(Cl)cc1. The molecule has 1 aromatic carbocycles. The van der Waals surface area contributed by atoms with Crippen LogP contribution < -0.4 is 4.74 Å². The van der Waals surface area contributed by atoms with E-state index in [-0.39, 0.29) is 12.5 Å². The molecule has 1 atom stereocenters. The van der Waals surface area contributed by atoms with Gasteiger partial charge in [-0.05, 0) is 49.9 Å². The molecule has 0 aliphatic heterocycles. The molecule has 0 aromatic heterocycles. The van der Waals surface area contributed by atoms with Crippen molar-refractivity contribution in [3.63, 3.8) is 0 Å². The quantitative estimate of drug-likeness (QED) is 0.821. The molecule has 18 heavy (non-hydrogen) atoms. The van der Waals surface area contributed by atoms with Crippen molar-refractivity contribution in [2.75, 3.05) is 13.7 Å². The van der Waals surface area contributed by atoms with Gasteiger partial charge in [0.2, 0.25) is 0 Å². The first-order chi connectivity index (χ1) is 8.58. The van der Waals surface area contributed by atoms with Gasteiger partial charge in [0, 0.05) is 18.1 Å². The van der Waals surface area contributed by atoms with Crippen LogP contribution in [0.1, 0.15) is 19.8 Å². The predicted molar refractivity (Wildman–Crippen MR) is 71.9 cm³/mol. The molecule has 1 aliphatic carbocycles. The van der Waals surface area contributed by atoms with Gasteiger partial charge in [0.1, 0.15) is 5.75 Å². The van der Waals surface area contributed by atoms with Gasteiger partial charge in [-0.1, -0.05) is 11.6 Å². The number of halogens is 1. The third-order valence-corrected chi connectivity index (χ3v) is 3.74. The minimum Gasteiger partial charge on any atom is -0.484 e. The number of nitrogens with zero attached hydrogens (tertiary/aromatic N) is 1. The summed E-state index contributed by atoms with van der Waals surface area (Å²) in [5.41, 5.74) is 0. The number of carbonyl (C=O) groups is 1. The van der Waals surface area contributed by atoms with Crippen LogP contribution in [0.4, 0.5) is 0 Å². The molecule has 3 nitrogen and oxygen atoms in total. The number of ether oxygens (including phenoxy) is 1. The van der Waals surface area contributed by atoms with Gasteiger partial charge in [-0.25, -0.2) is 0 Å². The molecule has 1 aliphatic rings. The van der Waals surface area contributed by atoms with Gasteiger partial charge in [-0.15, -0.1) is 0 Å². The lowest BCUT2D eigenvalue weighted by molar-refractivity contribution is -0.134. The van der Waals surface area contributed by atoms with Gasteiger partial charge >= 0.3 is 0 Å². The molecule has 0 N–H and O–H groups in total. The molecule has 1 amide bonds. The highest BCUT2D eigenvalue weighted by Crippen LogP contribution is 2.34. The van der Waals surface area contributed by atoms with Gasteiger partial charge in [0.15, 0.2) is 6.61 Å². The fraction of sp³-hybridized carbons (Fsp3) is 0.500. The number of hydrogen-bond donors (Lipinski definition) is 0. The van der Waals surface area contributed by atoms with E-state index in [0.717, 1.165) is 0 Å². The standard InChI is InChI=1S/C14H18ClNO2/c1-10(11-3-4-11)16(2)14(17)9-18-13-7-5-12(15)6-8-13/h5-8,10-11H,3-4,9H2,1-2H3. The zero-order valence-electron chi connectivity index (χ0n) is 10.7. The zero-order chi connectivity index (χ0) is 13.1. The van der Waals surface area contributed by atoms with Crippen LogP contribution in [0.15, 0.2) is 24.3 Å². The number of hydrogen-bond acceptors (Lipinski definition) is 2. The Kier molecular flexibility index (Phi) is 4.12. The Morgan fingerprint density at radius 3 is 2.61 bits per heavy atom. The Labute approximate surface area is 113 Å². The molecule has 0 saturated heterocycles. The van der Waals surface area contributed by atoms with Crippen LogP contribution in [0.3, 0.4) is 0 Å². The minimum atomic E-state index is 0.0179. The van der Waals surface area contributed by atoms with E-state index in [9.17, 15) is 4.79 Å². The lowest BCUT2D eigenvalue weighted by Crippen LogP contribution is -2.39. The average Bonchev–Trinajstić information content (AvgIpc) is 3.20. The van der Waals surface area contributed by atoms with E-state index in [2.05, 4.69) is 6.92 Å². The van der Waals surface area contributed by atoms with E-state index in [1.165, 1.54) is 12.8 Å². The maximum atomic E-state index is 11.9. The number of amides is 1. The fourth-order valence-electron chi connectivity index (χ4n) is 1.90. The van der Waals surface area contributed by atoms with Crippen LogP contribution >= 0.6 is 11.6 Å². The molecule has 2 rings (SSSR count). The Hall–Kier alpha value is -1.22. The van der Waals surface area contributed by atoms with Crippen molar-refractivity contribution >= 4 is 17.5 Å². The van der Waals surface area contributed by atoms with Gasteiger partial charge in [-0.3, -0.25) is 4.79 Å². The summed E-state index contributed by atoms with van der Waals surface area (Å²) in [5.74, 6) is 1.36. The smallest absolute Gasteiger partial charge is 0.260 e. The second kappa shape index (κ2) is 5.61. The van der Waals surface area contributed by atoms with E-state index >= 15 is 0 Å². The summed E-state index contributed by atoms with van der Waals surface area (Å²) in [4.78, 5) is 13.7. The summed E-state index contributed by atoms with van der Waals surface area (Å²) in [6.45, 7) is 2.17. The maximum absolute atomic E-state index is 11.9. The van der Waals surface area contributed by atoms with Crippen molar-refractivity contribution in [2.24, 2.45) is 5.92 Å². The largest absolute Gasteiger partial charge is 0.484 e. The van der Waals surface area contributed by atoms with Crippen LogP contribution in [0, 0.1) is 5.92 Å². The van der Waals surface area contributed by atoms with Crippen LogP contribution in [0.25, 0.3) is 0 Å².